The highest BCUT2D eigenvalue weighted by molar-refractivity contribution is 5.93. The molecule has 0 aliphatic carbocycles. The zero-order chi connectivity index (χ0) is 14.7. The summed E-state index contributed by atoms with van der Waals surface area (Å²) in [5.74, 6) is 0.448. The predicted molar refractivity (Wildman–Crippen MR) is 76.3 cm³/mol. The van der Waals surface area contributed by atoms with Gasteiger partial charge in [0.15, 0.2) is 11.5 Å². The molecule has 0 fully saturated rings. The summed E-state index contributed by atoms with van der Waals surface area (Å²) in [4.78, 5) is 16.1. The van der Waals surface area contributed by atoms with Crippen molar-refractivity contribution in [2.24, 2.45) is 7.05 Å². The van der Waals surface area contributed by atoms with Crippen LogP contribution in [0.1, 0.15) is 16.1 Å². The average Bonchev–Trinajstić information content (AvgIpc) is 3.15. The van der Waals surface area contributed by atoms with Gasteiger partial charge in [-0.1, -0.05) is 6.07 Å². The third kappa shape index (κ3) is 2.84. The minimum Gasteiger partial charge on any atom is -0.463 e. The molecule has 6 heteroatoms. The van der Waals surface area contributed by atoms with Gasteiger partial charge in [0.05, 0.1) is 6.26 Å². The summed E-state index contributed by atoms with van der Waals surface area (Å²) in [6.45, 7) is 0.416. The minimum absolute atomic E-state index is 0.229. The summed E-state index contributed by atoms with van der Waals surface area (Å²) in [5, 5.41) is 7.02. The maximum atomic E-state index is 12.1. The van der Waals surface area contributed by atoms with Gasteiger partial charge in [-0.25, -0.2) is 0 Å². The SMILES string of the molecule is Cn1nc(C(=O)NCc2cccnc2)cc1-c1ccco1. The van der Waals surface area contributed by atoms with Crippen LogP contribution in [0.2, 0.25) is 0 Å². The van der Waals surface area contributed by atoms with E-state index in [-0.39, 0.29) is 5.91 Å². The number of carbonyl (C=O) groups excluding carboxylic acids is 1. The molecule has 0 atom stereocenters. The highest BCUT2D eigenvalue weighted by Crippen LogP contribution is 2.20. The number of hydrogen-bond acceptors (Lipinski definition) is 4. The second-order valence-electron chi connectivity index (χ2n) is 4.56. The van der Waals surface area contributed by atoms with Crippen LogP contribution in [0.5, 0.6) is 0 Å². The Morgan fingerprint density at radius 1 is 1.38 bits per heavy atom. The number of aryl methyl sites for hydroxylation is 1. The molecule has 0 saturated heterocycles. The van der Waals surface area contributed by atoms with Crippen molar-refractivity contribution in [3.05, 3.63) is 60.2 Å². The van der Waals surface area contributed by atoms with Crippen LogP contribution < -0.4 is 5.32 Å². The molecule has 1 amide bonds. The van der Waals surface area contributed by atoms with Gasteiger partial charge < -0.3 is 9.73 Å². The molecular formula is C15H14N4O2. The van der Waals surface area contributed by atoms with Crippen molar-refractivity contribution < 1.29 is 9.21 Å². The van der Waals surface area contributed by atoms with E-state index in [0.717, 1.165) is 11.3 Å². The Bertz CT molecular complexity index is 732. The lowest BCUT2D eigenvalue weighted by molar-refractivity contribution is 0.0945. The van der Waals surface area contributed by atoms with Crippen molar-refractivity contribution in [3.63, 3.8) is 0 Å². The van der Waals surface area contributed by atoms with Gasteiger partial charge in [-0.3, -0.25) is 14.5 Å². The van der Waals surface area contributed by atoms with Crippen LogP contribution >= 0.6 is 0 Å². The number of furan rings is 1. The second-order valence-corrected chi connectivity index (χ2v) is 4.56. The summed E-state index contributed by atoms with van der Waals surface area (Å²) in [5.41, 5.74) is 2.05. The average molecular weight is 282 g/mol. The van der Waals surface area contributed by atoms with Crippen molar-refractivity contribution in [2.75, 3.05) is 0 Å². The number of aromatic nitrogens is 3. The molecule has 3 aromatic rings. The Kier molecular flexibility index (Phi) is 3.51. The molecule has 0 aromatic carbocycles. The van der Waals surface area contributed by atoms with Crippen LogP contribution in [0.3, 0.4) is 0 Å². The van der Waals surface area contributed by atoms with E-state index in [1.54, 1.807) is 42.5 Å². The van der Waals surface area contributed by atoms with E-state index < -0.39 is 0 Å². The van der Waals surface area contributed by atoms with Gasteiger partial charge in [-0.05, 0) is 23.8 Å². The van der Waals surface area contributed by atoms with Gasteiger partial charge in [0, 0.05) is 32.1 Å². The smallest absolute Gasteiger partial charge is 0.272 e. The number of nitrogens with zero attached hydrogens (tertiary/aromatic N) is 3. The molecule has 0 aliphatic rings. The second kappa shape index (κ2) is 5.62. The van der Waals surface area contributed by atoms with E-state index in [9.17, 15) is 4.79 Å². The summed E-state index contributed by atoms with van der Waals surface area (Å²) in [7, 11) is 1.77. The van der Waals surface area contributed by atoms with Crippen LogP contribution in [-0.2, 0) is 13.6 Å². The first-order valence-electron chi connectivity index (χ1n) is 6.49. The maximum Gasteiger partial charge on any atom is 0.272 e. The monoisotopic (exact) mass is 282 g/mol. The number of nitrogens with one attached hydrogen (secondary N) is 1. The van der Waals surface area contributed by atoms with E-state index >= 15 is 0 Å². The van der Waals surface area contributed by atoms with Gasteiger partial charge >= 0.3 is 0 Å². The maximum absolute atomic E-state index is 12.1. The molecular weight excluding hydrogens is 268 g/mol. The molecule has 0 unspecified atom stereocenters. The normalized spacial score (nSPS) is 10.5. The fourth-order valence-electron chi connectivity index (χ4n) is 2.01. The van der Waals surface area contributed by atoms with Gasteiger partial charge in [0.25, 0.3) is 5.91 Å². The molecule has 21 heavy (non-hydrogen) atoms. The van der Waals surface area contributed by atoms with Crippen molar-refractivity contribution in [3.8, 4) is 11.5 Å². The fraction of sp³-hybridized carbons (Fsp3) is 0.133. The van der Waals surface area contributed by atoms with Gasteiger partial charge in [0.2, 0.25) is 0 Å². The van der Waals surface area contributed by atoms with E-state index in [1.807, 2.05) is 18.2 Å². The molecule has 1 N–H and O–H groups in total. The molecule has 0 radical (unpaired) electrons. The Labute approximate surface area is 121 Å². The van der Waals surface area contributed by atoms with Gasteiger partial charge in [-0.15, -0.1) is 0 Å². The molecule has 3 heterocycles. The van der Waals surface area contributed by atoms with Crippen LogP contribution in [0.25, 0.3) is 11.5 Å². The van der Waals surface area contributed by atoms with E-state index in [1.165, 1.54) is 0 Å². The van der Waals surface area contributed by atoms with Crippen molar-refractivity contribution >= 4 is 5.91 Å². The lowest BCUT2D eigenvalue weighted by Gasteiger charge is -2.02. The molecule has 3 rings (SSSR count). The number of rotatable bonds is 4. The van der Waals surface area contributed by atoms with Crippen molar-refractivity contribution in [1.29, 1.82) is 0 Å². The van der Waals surface area contributed by atoms with E-state index in [4.69, 9.17) is 4.42 Å². The highest BCUT2D eigenvalue weighted by Gasteiger charge is 2.15. The number of amides is 1. The molecule has 0 aliphatic heterocycles. The first-order valence-corrected chi connectivity index (χ1v) is 6.49. The first kappa shape index (κ1) is 13.1. The Morgan fingerprint density at radius 3 is 3.00 bits per heavy atom. The summed E-state index contributed by atoms with van der Waals surface area (Å²) in [6, 6.07) is 9.06. The third-order valence-electron chi connectivity index (χ3n) is 3.06. The predicted octanol–water partition coefficient (Wildman–Crippen LogP) is 2.01. The highest BCUT2D eigenvalue weighted by atomic mass is 16.3. The number of pyridine rings is 1. The van der Waals surface area contributed by atoms with Crippen molar-refractivity contribution in [1.82, 2.24) is 20.1 Å². The topological polar surface area (TPSA) is 73.0 Å². The van der Waals surface area contributed by atoms with Gasteiger partial charge in [-0.2, -0.15) is 5.10 Å². The summed E-state index contributed by atoms with van der Waals surface area (Å²) in [6.07, 6.45) is 5.00. The van der Waals surface area contributed by atoms with Gasteiger partial charge in [0.1, 0.15) is 5.69 Å². The molecule has 3 aromatic heterocycles. The third-order valence-corrected chi connectivity index (χ3v) is 3.06. The number of hydrogen-bond donors (Lipinski definition) is 1. The Balaban J connectivity index is 1.72. The lowest BCUT2D eigenvalue weighted by atomic mass is 10.2. The Morgan fingerprint density at radius 2 is 2.29 bits per heavy atom. The van der Waals surface area contributed by atoms with E-state index in [2.05, 4.69) is 15.4 Å². The molecule has 0 bridgehead atoms. The molecule has 0 spiro atoms. The largest absolute Gasteiger partial charge is 0.463 e. The fourth-order valence-corrected chi connectivity index (χ4v) is 2.01. The van der Waals surface area contributed by atoms with Crippen LogP contribution in [0.15, 0.2) is 53.4 Å². The molecule has 6 nitrogen and oxygen atoms in total. The lowest BCUT2D eigenvalue weighted by Crippen LogP contribution is -2.23. The van der Waals surface area contributed by atoms with E-state index in [0.29, 0.717) is 18.0 Å². The first-order chi connectivity index (χ1) is 10.2. The van der Waals surface area contributed by atoms with Crippen molar-refractivity contribution in [2.45, 2.75) is 6.54 Å². The van der Waals surface area contributed by atoms with Crippen LogP contribution in [0.4, 0.5) is 0 Å². The van der Waals surface area contributed by atoms with Crippen LogP contribution in [0, 0.1) is 0 Å². The molecule has 0 saturated carbocycles. The zero-order valence-corrected chi connectivity index (χ0v) is 11.5. The summed E-state index contributed by atoms with van der Waals surface area (Å²) < 4.78 is 6.94. The quantitative estimate of drug-likeness (QED) is 0.794. The zero-order valence-electron chi connectivity index (χ0n) is 11.5. The van der Waals surface area contributed by atoms with Crippen LogP contribution in [-0.4, -0.2) is 20.7 Å². The standard InChI is InChI=1S/C15H14N4O2/c1-19-13(14-5-3-7-21-14)8-12(18-19)15(20)17-10-11-4-2-6-16-9-11/h2-9H,10H2,1H3,(H,17,20). The molecule has 106 valence electrons. The Hall–Kier alpha value is -2.89. The minimum atomic E-state index is -0.229. The number of carbonyl (C=O) groups is 1. The summed E-state index contributed by atoms with van der Waals surface area (Å²) >= 11 is 0.